The number of nitrogens with zero attached hydrogens (tertiary/aromatic N) is 4. The van der Waals surface area contributed by atoms with E-state index in [2.05, 4.69) is 20.5 Å². The van der Waals surface area contributed by atoms with E-state index in [1.165, 1.54) is 28.1 Å². The van der Waals surface area contributed by atoms with Crippen LogP contribution in [0.1, 0.15) is 43.7 Å². The molecule has 2 bridgehead atoms. The number of rotatable bonds is 14. The Hall–Kier alpha value is -5.10. The normalized spacial score (nSPS) is 24.8. The van der Waals surface area contributed by atoms with Gasteiger partial charge in [0.2, 0.25) is 17.7 Å². The Bertz CT molecular complexity index is 1680. The molecule has 52 heavy (non-hydrogen) atoms. The number of hydrogen-bond acceptors (Lipinski definition) is 11. The summed E-state index contributed by atoms with van der Waals surface area (Å²) in [5.74, 6) is -2.27. The lowest BCUT2D eigenvalue weighted by Crippen LogP contribution is -2.74. The Kier molecular flexibility index (Phi) is 10.9. The second kappa shape index (κ2) is 14.9. The summed E-state index contributed by atoms with van der Waals surface area (Å²) in [6.45, 7) is 0.982. The zero-order valence-corrected chi connectivity index (χ0v) is 30.0. The van der Waals surface area contributed by atoms with Crippen LogP contribution >= 0.6 is 0 Å². The molecule has 284 valence electrons. The van der Waals surface area contributed by atoms with Gasteiger partial charge in [0.1, 0.15) is 24.4 Å². The molecular weight excluding hydrogens is 680 g/mol. The van der Waals surface area contributed by atoms with Crippen LogP contribution in [0, 0.1) is 0 Å². The van der Waals surface area contributed by atoms with E-state index in [0.717, 1.165) is 20.9 Å². The minimum absolute atomic E-state index is 0.112. The number of guanidine groups is 1. The topological polar surface area (TPSA) is 252 Å². The van der Waals surface area contributed by atoms with Gasteiger partial charge >= 0.3 is 12.1 Å². The molecule has 18 heteroatoms. The number of aliphatic hydroxyl groups is 1. The molecule has 0 aromatic heterocycles. The highest BCUT2D eigenvalue weighted by Gasteiger charge is 2.72. The van der Waals surface area contributed by atoms with E-state index in [0.29, 0.717) is 37.3 Å². The van der Waals surface area contributed by atoms with Crippen LogP contribution in [-0.2, 0) is 35.8 Å². The second-order valence-electron chi connectivity index (χ2n) is 13.9. The van der Waals surface area contributed by atoms with Gasteiger partial charge in [-0.2, -0.15) is 0 Å². The highest BCUT2D eigenvalue weighted by molar-refractivity contribution is 5.93. The van der Waals surface area contributed by atoms with Crippen LogP contribution in [0.2, 0.25) is 0 Å². The molecule has 1 fully saturated rings. The third-order valence-corrected chi connectivity index (χ3v) is 10.5. The maximum Gasteiger partial charge on any atom is 0.414 e. The van der Waals surface area contributed by atoms with Gasteiger partial charge in [0.25, 0.3) is 0 Å². The third kappa shape index (κ3) is 6.91. The van der Waals surface area contributed by atoms with Crippen molar-refractivity contribution < 1.29 is 48.4 Å². The second-order valence-corrected chi connectivity index (χ2v) is 13.9. The van der Waals surface area contributed by atoms with Crippen LogP contribution in [0.3, 0.4) is 0 Å². The van der Waals surface area contributed by atoms with Gasteiger partial charge in [-0.1, -0.05) is 6.07 Å². The van der Waals surface area contributed by atoms with E-state index >= 15 is 0 Å². The number of ether oxygens (including phenoxy) is 3. The molecule has 6 atom stereocenters. The van der Waals surface area contributed by atoms with E-state index in [1.54, 1.807) is 6.08 Å². The van der Waals surface area contributed by atoms with Gasteiger partial charge in [-0.25, -0.2) is 4.79 Å². The third-order valence-electron chi connectivity index (χ3n) is 10.5. The number of piperidine rings is 1. The van der Waals surface area contributed by atoms with Gasteiger partial charge < -0.3 is 61.2 Å². The van der Waals surface area contributed by atoms with Gasteiger partial charge in [0.05, 0.1) is 24.7 Å². The zero-order chi connectivity index (χ0) is 38.1. The quantitative estimate of drug-likeness (QED) is 0.0736. The molecule has 2 aliphatic heterocycles. The highest BCUT2D eigenvalue weighted by atomic mass is 16.6. The first-order valence-corrected chi connectivity index (χ1v) is 17.1. The van der Waals surface area contributed by atoms with Gasteiger partial charge in [-0.05, 0) is 57.0 Å². The molecule has 18 nitrogen and oxygen atoms in total. The van der Waals surface area contributed by atoms with Crippen LogP contribution in [0.25, 0.3) is 0 Å². The Morgan fingerprint density at radius 1 is 1.15 bits per heavy atom. The number of carbonyl (C=O) groups is 5. The van der Waals surface area contributed by atoms with E-state index in [1.807, 2.05) is 19.2 Å². The van der Waals surface area contributed by atoms with Gasteiger partial charge in [-0.15, -0.1) is 0 Å². The van der Waals surface area contributed by atoms with Crippen molar-refractivity contribution in [3.8, 4) is 11.5 Å². The number of carboxylic acid groups (broad SMARTS) is 1. The summed E-state index contributed by atoms with van der Waals surface area (Å²) < 4.78 is 18.2. The molecule has 0 radical (unpaired) electrons. The van der Waals surface area contributed by atoms with Crippen molar-refractivity contribution in [1.82, 2.24) is 25.3 Å². The van der Waals surface area contributed by atoms with Crippen LogP contribution in [0.4, 0.5) is 4.79 Å². The summed E-state index contributed by atoms with van der Waals surface area (Å²) in [6.07, 6.45) is 1.66. The summed E-state index contributed by atoms with van der Waals surface area (Å²) in [5.41, 5.74) is 10.5. The van der Waals surface area contributed by atoms with Crippen molar-refractivity contribution in [2.45, 2.75) is 74.3 Å². The van der Waals surface area contributed by atoms with Gasteiger partial charge in [0.15, 0.2) is 23.6 Å². The number of likely N-dealkylation sites (tertiary alicyclic amines) is 1. The molecule has 4 aliphatic rings. The molecule has 0 saturated carbocycles. The Morgan fingerprint density at radius 2 is 1.88 bits per heavy atom. The molecule has 5 rings (SSSR count). The number of methoxy groups -OCH3 is 1. The van der Waals surface area contributed by atoms with Crippen molar-refractivity contribution in [3.05, 3.63) is 35.1 Å². The number of carbonyl (C=O) groups excluding carboxylic acids is 4. The lowest BCUT2D eigenvalue weighted by Gasteiger charge is -2.61. The van der Waals surface area contributed by atoms with Crippen LogP contribution in [-0.4, -0.2) is 145 Å². The molecule has 1 saturated heterocycles. The minimum atomic E-state index is -1.43. The molecule has 1 spiro atoms. The molecule has 2 heterocycles. The Balaban J connectivity index is 1.37. The van der Waals surface area contributed by atoms with Crippen LogP contribution in [0.15, 0.2) is 29.0 Å². The van der Waals surface area contributed by atoms with Crippen LogP contribution in [0.5, 0.6) is 11.5 Å². The number of amides is 4. The number of nitrogens with one attached hydrogen (secondary N) is 2. The maximum atomic E-state index is 13.8. The van der Waals surface area contributed by atoms with Crippen molar-refractivity contribution in [2.24, 2.45) is 16.5 Å². The monoisotopic (exact) mass is 728 g/mol. The predicted octanol–water partition coefficient (Wildman–Crippen LogP) is -1.37. The number of benzene rings is 1. The Morgan fingerprint density at radius 3 is 2.54 bits per heavy atom. The molecular formula is C34H48N8O10. The first-order valence-electron chi connectivity index (χ1n) is 17.1. The predicted molar refractivity (Wildman–Crippen MR) is 185 cm³/mol. The average molecular weight is 729 g/mol. The molecule has 1 aromatic carbocycles. The standard InChI is InChI=1S/C34H48N8O10/c1-18(43)38-20(7-6-13-37-31(35)36)29(46)39-21(30(47)41(3)17-25(44)45)16-42(4)32(48)51-23-10-11-34(49)24-15-19-8-9-22(50-5)27-26(19)33(34,28(23)52-27)12-14-40(24)2/h8-10,20-21,24,28,49H,6-7,11-17H2,1-5H3,(H,38,43)(H,39,46)(H,44,45)(H4,35,36,37)/t20-,21+,24-,28+,33+,34-/m1/s1. The average Bonchev–Trinajstić information content (AvgIpc) is 3.43. The molecule has 1 aromatic rings. The fourth-order valence-corrected chi connectivity index (χ4v) is 8.14. The Labute approximate surface area is 301 Å². The van der Waals surface area contributed by atoms with E-state index in [9.17, 15) is 34.2 Å². The summed E-state index contributed by atoms with van der Waals surface area (Å²) >= 11 is 0. The fraction of sp³-hybridized carbons (Fsp3) is 0.588. The van der Waals surface area contributed by atoms with E-state index in [-0.39, 0.29) is 37.1 Å². The number of hydrogen-bond donors (Lipinski definition) is 6. The number of carboxylic acids is 1. The van der Waals surface area contributed by atoms with Crippen molar-refractivity contribution >= 4 is 35.7 Å². The van der Waals surface area contributed by atoms with Crippen molar-refractivity contribution in [3.63, 3.8) is 0 Å². The van der Waals surface area contributed by atoms with Gasteiger partial charge in [-0.3, -0.25) is 24.2 Å². The van der Waals surface area contributed by atoms with Crippen molar-refractivity contribution in [1.29, 1.82) is 0 Å². The summed E-state index contributed by atoms with van der Waals surface area (Å²) in [6, 6.07) is 1.09. The van der Waals surface area contributed by atoms with E-state index < -0.39 is 72.1 Å². The summed E-state index contributed by atoms with van der Waals surface area (Å²) in [7, 11) is 6.13. The first-order chi connectivity index (χ1) is 24.5. The summed E-state index contributed by atoms with van der Waals surface area (Å²) in [5, 5.41) is 26.9. The molecule has 8 N–H and O–H groups in total. The number of likely N-dealkylation sites (N-methyl/N-ethyl adjacent to an activating group) is 3. The molecule has 2 aliphatic carbocycles. The number of nitrogens with two attached hydrogens (primary N) is 2. The zero-order valence-electron chi connectivity index (χ0n) is 30.0. The summed E-state index contributed by atoms with van der Waals surface area (Å²) in [4.78, 5) is 72.0. The highest BCUT2D eigenvalue weighted by Crippen LogP contribution is 2.65. The minimum Gasteiger partial charge on any atom is -0.493 e. The van der Waals surface area contributed by atoms with Gasteiger partial charge in [0, 0.05) is 45.6 Å². The largest absolute Gasteiger partial charge is 0.493 e. The first kappa shape index (κ1) is 38.1. The smallest absolute Gasteiger partial charge is 0.414 e. The van der Waals surface area contributed by atoms with Crippen molar-refractivity contribution in [2.75, 3.05) is 54.4 Å². The number of aliphatic imine (C=N–C) groups is 1. The molecule has 0 unspecified atom stereocenters. The SMILES string of the molecule is COc1ccc2c3c1O[C@H]1C(OC(=O)N(C)C[C@H](NC(=O)[C@@H](CCCN=C(N)N)NC(C)=O)C(=O)N(C)CC(=O)O)=CC[C@@]4(O)[C@@H](C2)N(C)CC[C@]314. The van der Waals surface area contributed by atoms with Crippen LogP contribution < -0.4 is 31.6 Å². The maximum absolute atomic E-state index is 13.8. The molecule has 4 amide bonds. The number of aliphatic carboxylic acids is 1. The van der Waals surface area contributed by atoms with E-state index in [4.69, 9.17) is 25.7 Å². The fourth-order valence-electron chi connectivity index (χ4n) is 8.14. The lowest BCUT2D eigenvalue weighted by atomic mass is 9.50. The lowest BCUT2D eigenvalue weighted by molar-refractivity contribution is -0.163.